The molecule has 0 aromatic carbocycles. The number of esters is 1. The van der Waals surface area contributed by atoms with Crippen molar-refractivity contribution in [2.24, 2.45) is 0 Å². The Balaban J connectivity index is 4.46. The quantitative estimate of drug-likeness (QED) is 0.582. The molecule has 0 bridgehead atoms. The molecule has 0 rings (SSSR count). The van der Waals surface area contributed by atoms with Crippen LogP contribution < -0.4 is 5.32 Å². The molecule has 0 saturated carbocycles. The van der Waals surface area contributed by atoms with E-state index in [9.17, 15) is 14.4 Å². The van der Waals surface area contributed by atoms with E-state index in [1.54, 1.807) is 0 Å². The summed E-state index contributed by atoms with van der Waals surface area (Å²) in [6, 6.07) is -1.48. The fourth-order valence-electron chi connectivity index (χ4n) is 1.03. The first-order valence-electron chi connectivity index (χ1n) is 4.93. The number of carboxylic acids is 1. The second-order valence-corrected chi connectivity index (χ2v) is 5.98. The lowest BCUT2D eigenvalue weighted by molar-refractivity contribution is -0.152. The molecule has 0 fully saturated rings. The van der Waals surface area contributed by atoms with E-state index in [0.29, 0.717) is 0 Å². The minimum atomic E-state index is -1.81. The first kappa shape index (κ1) is 18.1. The average Bonchev–Trinajstić information content (AvgIpc) is 2.20. The summed E-state index contributed by atoms with van der Waals surface area (Å²) in [7, 11) is 0. The number of carboxylic acid groups (broad SMARTS) is 1. The van der Waals surface area contributed by atoms with E-state index in [2.05, 4.69) is 9.47 Å². The number of halogens is 3. The number of carbonyl (C=O) groups is 3. The summed E-state index contributed by atoms with van der Waals surface area (Å²) in [4.78, 5) is 32.9. The lowest BCUT2D eigenvalue weighted by atomic mass is 10.2. The first-order chi connectivity index (χ1) is 8.53. The Hall–Kier alpha value is -0.920. The van der Waals surface area contributed by atoms with Gasteiger partial charge in [0.05, 0.1) is 0 Å². The smallest absolute Gasteiger partial charge is 0.408 e. The number of nitrogens with one attached hydrogen (secondary N) is 1. The van der Waals surface area contributed by atoms with Crippen LogP contribution in [-0.2, 0) is 19.1 Å². The molecule has 1 amide bonds. The summed E-state index contributed by atoms with van der Waals surface area (Å²) < 4.78 is 7.34. The molecule has 0 unspecified atom stereocenters. The molecule has 0 radical (unpaired) electrons. The average molecular weight is 337 g/mol. The van der Waals surface area contributed by atoms with Crippen LogP contribution in [0.3, 0.4) is 0 Å². The topological polar surface area (TPSA) is 102 Å². The van der Waals surface area contributed by atoms with Crippen molar-refractivity contribution in [1.29, 1.82) is 0 Å². The third-order valence-electron chi connectivity index (χ3n) is 1.73. The maximum Gasteiger partial charge on any atom is 0.408 e. The third-order valence-corrected chi connectivity index (χ3v) is 2.05. The number of amides is 1. The Morgan fingerprint density at radius 3 is 2.21 bits per heavy atom. The van der Waals surface area contributed by atoms with Crippen LogP contribution >= 0.6 is 34.8 Å². The molecule has 110 valence electrons. The highest BCUT2D eigenvalue weighted by Crippen LogP contribution is 2.25. The van der Waals surface area contributed by atoms with Gasteiger partial charge in [0.1, 0.15) is 12.7 Å². The molecule has 19 heavy (non-hydrogen) atoms. The molecular weight excluding hydrogens is 324 g/mol. The van der Waals surface area contributed by atoms with Gasteiger partial charge in [-0.05, 0) is 6.92 Å². The highest BCUT2D eigenvalue weighted by Gasteiger charge is 2.30. The van der Waals surface area contributed by atoms with Crippen LogP contribution in [0.25, 0.3) is 0 Å². The van der Waals surface area contributed by atoms with Gasteiger partial charge in [0.25, 0.3) is 0 Å². The van der Waals surface area contributed by atoms with Crippen LogP contribution in [-0.4, -0.2) is 45.7 Å². The minimum absolute atomic E-state index is 0.558. The highest BCUT2D eigenvalue weighted by molar-refractivity contribution is 6.67. The molecule has 0 heterocycles. The standard InChI is InChI=1S/C9H12Cl3NO6/c1-4(19-5(2)14)6(7(15)16)13-8(17)18-3-9(10,11)12/h4,6H,3H2,1-2H3,(H,13,17)(H,15,16)/t4-,6-/m0/s1. The Morgan fingerprint density at radius 2 is 1.84 bits per heavy atom. The monoisotopic (exact) mass is 335 g/mol. The number of carbonyl (C=O) groups excluding carboxylic acids is 2. The largest absolute Gasteiger partial charge is 0.480 e. The Bertz CT molecular complexity index is 356. The van der Waals surface area contributed by atoms with E-state index in [4.69, 9.17) is 39.9 Å². The van der Waals surface area contributed by atoms with Gasteiger partial charge >= 0.3 is 18.0 Å². The van der Waals surface area contributed by atoms with E-state index in [1.165, 1.54) is 6.92 Å². The molecule has 0 aromatic heterocycles. The molecule has 0 aromatic rings. The Morgan fingerprint density at radius 1 is 1.32 bits per heavy atom. The molecule has 7 nitrogen and oxygen atoms in total. The summed E-state index contributed by atoms with van der Waals surface area (Å²) >= 11 is 16.0. The Kier molecular flexibility index (Phi) is 7.25. The van der Waals surface area contributed by atoms with Crippen LogP contribution in [0.15, 0.2) is 0 Å². The van der Waals surface area contributed by atoms with Crippen molar-refractivity contribution >= 4 is 52.8 Å². The van der Waals surface area contributed by atoms with E-state index < -0.39 is 40.6 Å². The second kappa shape index (κ2) is 7.62. The molecule has 10 heteroatoms. The summed E-state index contributed by atoms with van der Waals surface area (Å²) in [6.07, 6.45) is -2.20. The zero-order chi connectivity index (χ0) is 15.2. The van der Waals surface area contributed by atoms with Crippen LogP contribution in [0.5, 0.6) is 0 Å². The SMILES string of the molecule is CC(=O)O[C@@H](C)[C@H](NC(=O)OCC(Cl)(Cl)Cl)C(=O)O. The molecule has 0 saturated heterocycles. The maximum atomic E-state index is 11.3. The number of hydrogen-bond acceptors (Lipinski definition) is 5. The summed E-state index contributed by atoms with van der Waals surface area (Å²) in [5.74, 6) is -2.09. The normalized spacial score (nSPS) is 14.2. The second-order valence-electron chi connectivity index (χ2n) is 3.47. The number of aliphatic carboxylic acids is 1. The molecular formula is C9H12Cl3NO6. The fourth-order valence-corrected chi connectivity index (χ4v) is 1.19. The number of alkyl carbamates (subject to hydrolysis) is 1. The van der Waals surface area contributed by atoms with Crippen molar-refractivity contribution in [3.63, 3.8) is 0 Å². The van der Waals surface area contributed by atoms with Crippen molar-refractivity contribution in [2.75, 3.05) is 6.61 Å². The Labute approximate surface area is 124 Å². The van der Waals surface area contributed by atoms with Crippen molar-refractivity contribution in [1.82, 2.24) is 5.32 Å². The van der Waals surface area contributed by atoms with Gasteiger partial charge in [-0.25, -0.2) is 9.59 Å². The molecule has 2 atom stereocenters. The lowest BCUT2D eigenvalue weighted by Crippen LogP contribution is -2.49. The van der Waals surface area contributed by atoms with Crippen LogP contribution in [0.4, 0.5) is 4.79 Å². The van der Waals surface area contributed by atoms with Gasteiger partial charge in [-0.1, -0.05) is 34.8 Å². The predicted octanol–water partition coefficient (Wildman–Crippen LogP) is 1.49. The maximum absolute atomic E-state index is 11.3. The van der Waals surface area contributed by atoms with Gasteiger partial charge in [0.2, 0.25) is 3.79 Å². The summed E-state index contributed by atoms with van der Waals surface area (Å²) in [5, 5.41) is 10.9. The van der Waals surface area contributed by atoms with Crippen molar-refractivity contribution < 1.29 is 29.0 Å². The number of rotatable bonds is 5. The van der Waals surface area contributed by atoms with E-state index in [-0.39, 0.29) is 0 Å². The van der Waals surface area contributed by atoms with Gasteiger partial charge in [-0.3, -0.25) is 4.79 Å². The number of ether oxygens (including phenoxy) is 2. The van der Waals surface area contributed by atoms with Crippen molar-refractivity contribution in [3.05, 3.63) is 0 Å². The van der Waals surface area contributed by atoms with Crippen molar-refractivity contribution in [2.45, 2.75) is 29.8 Å². The minimum Gasteiger partial charge on any atom is -0.480 e. The third kappa shape index (κ3) is 8.74. The van der Waals surface area contributed by atoms with E-state index >= 15 is 0 Å². The molecule has 0 aliphatic carbocycles. The van der Waals surface area contributed by atoms with Gasteiger partial charge in [0.15, 0.2) is 6.04 Å². The van der Waals surface area contributed by atoms with E-state index in [1.807, 2.05) is 5.32 Å². The van der Waals surface area contributed by atoms with Gasteiger partial charge in [0, 0.05) is 6.92 Å². The summed E-state index contributed by atoms with van der Waals surface area (Å²) in [6.45, 7) is 1.85. The molecule has 0 aliphatic heterocycles. The van der Waals surface area contributed by atoms with Crippen LogP contribution in [0, 0.1) is 0 Å². The van der Waals surface area contributed by atoms with Gasteiger partial charge < -0.3 is 19.9 Å². The molecule has 2 N–H and O–H groups in total. The first-order valence-corrected chi connectivity index (χ1v) is 6.06. The predicted molar refractivity (Wildman–Crippen MR) is 67.4 cm³/mol. The van der Waals surface area contributed by atoms with Crippen molar-refractivity contribution in [3.8, 4) is 0 Å². The molecule has 0 spiro atoms. The lowest BCUT2D eigenvalue weighted by Gasteiger charge is -2.21. The van der Waals surface area contributed by atoms with E-state index in [0.717, 1.165) is 6.92 Å². The van der Waals surface area contributed by atoms with Crippen LogP contribution in [0.1, 0.15) is 13.8 Å². The van der Waals surface area contributed by atoms with Crippen LogP contribution in [0.2, 0.25) is 0 Å². The highest BCUT2D eigenvalue weighted by atomic mass is 35.6. The summed E-state index contributed by atoms with van der Waals surface area (Å²) in [5.41, 5.74) is 0. The molecule has 0 aliphatic rings. The zero-order valence-corrected chi connectivity index (χ0v) is 12.3. The fraction of sp³-hybridized carbons (Fsp3) is 0.667. The zero-order valence-electron chi connectivity index (χ0n) is 9.98. The number of alkyl halides is 3. The van der Waals surface area contributed by atoms with Gasteiger partial charge in [-0.2, -0.15) is 0 Å². The number of hydrogen-bond donors (Lipinski definition) is 2. The van der Waals surface area contributed by atoms with Gasteiger partial charge in [-0.15, -0.1) is 0 Å².